The van der Waals surface area contributed by atoms with E-state index in [9.17, 15) is 5.11 Å². The first-order chi connectivity index (χ1) is 11.3. The predicted molar refractivity (Wildman–Crippen MR) is 92.7 cm³/mol. The maximum atomic E-state index is 9.52. The summed E-state index contributed by atoms with van der Waals surface area (Å²) in [7, 11) is 0. The van der Waals surface area contributed by atoms with Crippen molar-refractivity contribution in [1.29, 1.82) is 0 Å². The van der Waals surface area contributed by atoms with Gasteiger partial charge in [-0.05, 0) is 49.2 Å². The van der Waals surface area contributed by atoms with Crippen molar-refractivity contribution < 1.29 is 5.11 Å². The van der Waals surface area contributed by atoms with Gasteiger partial charge in [0.05, 0.1) is 6.61 Å². The molecule has 0 atom stereocenters. The first-order valence-electron chi connectivity index (χ1n) is 8.37. The fourth-order valence-corrected chi connectivity index (χ4v) is 3.42. The quantitative estimate of drug-likeness (QED) is 0.883. The van der Waals surface area contributed by atoms with E-state index < -0.39 is 0 Å². The highest BCUT2D eigenvalue weighted by molar-refractivity contribution is 6.30. The van der Waals surface area contributed by atoms with Crippen LogP contribution in [0.25, 0.3) is 0 Å². The molecule has 0 bridgehead atoms. The molecule has 1 aromatic heterocycles. The summed E-state index contributed by atoms with van der Waals surface area (Å²) < 4.78 is 2.23. The third-order valence-corrected chi connectivity index (χ3v) is 4.83. The third-order valence-electron chi connectivity index (χ3n) is 4.59. The topological polar surface area (TPSA) is 41.3 Å². The molecule has 124 valence electrons. The number of piperidine rings is 1. The van der Waals surface area contributed by atoms with Gasteiger partial charge in [-0.1, -0.05) is 24.1 Å². The minimum atomic E-state index is 0.00434. The summed E-state index contributed by atoms with van der Waals surface area (Å²) in [5, 5.41) is 10.2. The van der Waals surface area contributed by atoms with E-state index in [-0.39, 0.29) is 6.61 Å². The van der Waals surface area contributed by atoms with E-state index >= 15 is 0 Å². The molecular weight excluding hydrogens is 310 g/mol. The van der Waals surface area contributed by atoms with E-state index in [1.807, 2.05) is 30.6 Å². The Kier molecular flexibility index (Phi) is 5.70. The van der Waals surface area contributed by atoms with E-state index in [1.54, 1.807) is 0 Å². The normalized spacial score (nSPS) is 15.9. The van der Waals surface area contributed by atoms with Crippen molar-refractivity contribution in [3.8, 4) is 0 Å². The van der Waals surface area contributed by atoms with E-state index in [0.29, 0.717) is 5.02 Å². The Morgan fingerprint density at radius 2 is 1.91 bits per heavy atom. The number of aliphatic hydroxyl groups excluding tert-OH is 1. The zero-order valence-electron chi connectivity index (χ0n) is 13.4. The van der Waals surface area contributed by atoms with Crippen LogP contribution in [0, 0.1) is 0 Å². The lowest BCUT2D eigenvalue weighted by atomic mass is 10.0. The molecule has 5 heteroatoms. The molecule has 1 fully saturated rings. The average molecular weight is 334 g/mol. The van der Waals surface area contributed by atoms with Crippen LogP contribution in [0.15, 0.2) is 30.6 Å². The Labute approximate surface area is 142 Å². The van der Waals surface area contributed by atoms with Crippen LogP contribution >= 0.6 is 11.6 Å². The van der Waals surface area contributed by atoms with Gasteiger partial charge >= 0.3 is 0 Å². The van der Waals surface area contributed by atoms with Crippen LogP contribution in [0.5, 0.6) is 0 Å². The molecule has 4 nitrogen and oxygen atoms in total. The minimum Gasteiger partial charge on any atom is -0.392 e. The number of hydrogen-bond acceptors (Lipinski definition) is 3. The molecule has 0 aliphatic carbocycles. The van der Waals surface area contributed by atoms with Gasteiger partial charge in [0.25, 0.3) is 0 Å². The molecule has 2 aromatic rings. The van der Waals surface area contributed by atoms with Crippen molar-refractivity contribution in [2.24, 2.45) is 0 Å². The molecule has 23 heavy (non-hydrogen) atoms. The van der Waals surface area contributed by atoms with Gasteiger partial charge in [-0.15, -0.1) is 0 Å². The fourth-order valence-electron chi connectivity index (χ4n) is 3.23. The van der Waals surface area contributed by atoms with Gasteiger partial charge in [0.15, 0.2) is 0 Å². The molecule has 0 spiro atoms. The van der Waals surface area contributed by atoms with Crippen LogP contribution in [0.2, 0.25) is 5.02 Å². The lowest BCUT2D eigenvalue weighted by Crippen LogP contribution is -2.32. The van der Waals surface area contributed by atoms with E-state index in [1.165, 1.54) is 32.4 Å². The SMILES string of the molecule is OCc1cc(Cl)ccc1Cc1nccn1CCN1CCCCC1. The Bertz CT molecular complexity index is 635. The zero-order chi connectivity index (χ0) is 16.1. The first-order valence-corrected chi connectivity index (χ1v) is 8.74. The molecule has 0 saturated carbocycles. The molecule has 1 saturated heterocycles. The van der Waals surface area contributed by atoms with Crippen molar-refractivity contribution in [1.82, 2.24) is 14.5 Å². The Hall–Kier alpha value is -1.36. The molecule has 1 aliphatic rings. The summed E-state index contributed by atoms with van der Waals surface area (Å²) in [6.07, 6.45) is 8.64. The fraction of sp³-hybridized carbons (Fsp3) is 0.500. The Morgan fingerprint density at radius 1 is 1.09 bits per heavy atom. The number of aromatic nitrogens is 2. The van der Waals surface area contributed by atoms with Gasteiger partial charge in [0.2, 0.25) is 0 Å². The van der Waals surface area contributed by atoms with Gasteiger partial charge in [0, 0.05) is 36.9 Å². The molecule has 0 amide bonds. The molecule has 3 rings (SSSR count). The monoisotopic (exact) mass is 333 g/mol. The lowest BCUT2D eigenvalue weighted by molar-refractivity contribution is 0.220. The molecular formula is C18H24ClN3O. The van der Waals surface area contributed by atoms with Crippen molar-refractivity contribution >= 4 is 11.6 Å². The number of nitrogens with zero attached hydrogens (tertiary/aromatic N) is 3. The second-order valence-electron chi connectivity index (χ2n) is 6.19. The van der Waals surface area contributed by atoms with Gasteiger partial charge < -0.3 is 14.6 Å². The van der Waals surface area contributed by atoms with Crippen LogP contribution in [0.1, 0.15) is 36.2 Å². The summed E-state index contributed by atoms with van der Waals surface area (Å²) in [5.74, 6) is 1.04. The van der Waals surface area contributed by atoms with Crippen LogP contribution < -0.4 is 0 Å². The highest BCUT2D eigenvalue weighted by Crippen LogP contribution is 2.19. The predicted octanol–water partition coefficient (Wildman–Crippen LogP) is 3.11. The van der Waals surface area contributed by atoms with Crippen LogP contribution in [-0.2, 0) is 19.6 Å². The number of rotatable bonds is 6. The van der Waals surface area contributed by atoms with Crippen molar-refractivity contribution in [2.75, 3.05) is 19.6 Å². The van der Waals surface area contributed by atoms with Crippen molar-refractivity contribution in [3.05, 3.63) is 52.6 Å². The number of likely N-dealkylation sites (tertiary alicyclic amines) is 1. The summed E-state index contributed by atoms with van der Waals surface area (Å²) in [6.45, 7) is 4.49. The maximum absolute atomic E-state index is 9.52. The highest BCUT2D eigenvalue weighted by Gasteiger charge is 2.12. The second-order valence-corrected chi connectivity index (χ2v) is 6.62. The second kappa shape index (κ2) is 7.95. The number of imidazole rings is 1. The third kappa shape index (κ3) is 4.34. The maximum Gasteiger partial charge on any atom is 0.113 e. The molecule has 1 aliphatic heterocycles. The van der Waals surface area contributed by atoms with E-state index in [0.717, 1.165) is 36.5 Å². The van der Waals surface area contributed by atoms with Crippen molar-refractivity contribution in [3.63, 3.8) is 0 Å². The zero-order valence-corrected chi connectivity index (χ0v) is 14.2. The molecule has 1 aromatic carbocycles. The molecule has 0 unspecified atom stereocenters. The van der Waals surface area contributed by atoms with Gasteiger partial charge in [-0.2, -0.15) is 0 Å². The van der Waals surface area contributed by atoms with Crippen LogP contribution in [-0.4, -0.2) is 39.2 Å². The number of halogens is 1. The lowest BCUT2D eigenvalue weighted by Gasteiger charge is -2.26. The minimum absolute atomic E-state index is 0.00434. The smallest absolute Gasteiger partial charge is 0.113 e. The molecule has 2 heterocycles. The number of aliphatic hydroxyl groups is 1. The van der Waals surface area contributed by atoms with Gasteiger partial charge in [0.1, 0.15) is 5.82 Å². The van der Waals surface area contributed by atoms with Gasteiger partial charge in [-0.25, -0.2) is 4.98 Å². The summed E-state index contributed by atoms with van der Waals surface area (Å²) in [5.41, 5.74) is 1.96. The Balaban J connectivity index is 1.66. The van der Waals surface area contributed by atoms with Crippen LogP contribution in [0.3, 0.4) is 0 Å². The average Bonchev–Trinajstić information content (AvgIpc) is 3.02. The standard InChI is InChI=1S/C18H24ClN3O/c19-17-5-4-15(16(12-17)14-23)13-18-20-6-9-22(18)11-10-21-7-2-1-3-8-21/h4-6,9,12,23H,1-3,7-8,10-11,13-14H2. The first kappa shape index (κ1) is 16.5. The van der Waals surface area contributed by atoms with E-state index in [2.05, 4.69) is 14.5 Å². The Morgan fingerprint density at radius 3 is 2.70 bits per heavy atom. The largest absolute Gasteiger partial charge is 0.392 e. The van der Waals surface area contributed by atoms with Gasteiger partial charge in [-0.3, -0.25) is 0 Å². The van der Waals surface area contributed by atoms with E-state index in [4.69, 9.17) is 11.6 Å². The number of hydrogen-bond donors (Lipinski definition) is 1. The highest BCUT2D eigenvalue weighted by atomic mass is 35.5. The summed E-state index contributed by atoms with van der Waals surface area (Å²) >= 11 is 6.01. The summed E-state index contributed by atoms with van der Waals surface area (Å²) in [6, 6.07) is 5.69. The van der Waals surface area contributed by atoms with Crippen molar-refractivity contribution in [2.45, 2.75) is 38.8 Å². The van der Waals surface area contributed by atoms with Crippen LogP contribution in [0.4, 0.5) is 0 Å². The molecule has 1 N–H and O–H groups in total. The molecule has 0 radical (unpaired) electrons. The summed E-state index contributed by atoms with van der Waals surface area (Å²) in [4.78, 5) is 7.04. The number of benzene rings is 1.